The molecule has 1 heterocycles. The smallest absolute Gasteiger partial charge is 0.0721 e. The Balaban J connectivity index is 1.86. The van der Waals surface area contributed by atoms with Crippen molar-refractivity contribution in [3.05, 3.63) is 102 Å². The SMILES string of the molecule is Cc1ccc2c(c1)-c1c(-c3ccccc3)c(-c3ccccc3)cc3ncc(C)c-2c13. The third-order valence-corrected chi connectivity index (χ3v) is 6.21. The van der Waals surface area contributed by atoms with Crippen molar-refractivity contribution >= 4 is 10.9 Å². The normalized spacial score (nSPS) is 11.7. The first-order valence-electron chi connectivity index (χ1n) is 10.4. The van der Waals surface area contributed by atoms with Crippen LogP contribution in [-0.4, -0.2) is 4.98 Å². The zero-order valence-electron chi connectivity index (χ0n) is 17.1. The van der Waals surface area contributed by atoms with E-state index in [4.69, 9.17) is 4.98 Å². The predicted molar refractivity (Wildman–Crippen MR) is 127 cm³/mol. The van der Waals surface area contributed by atoms with Crippen LogP contribution in [0.25, 0.3) is 55.4 Å². The van der Waals surface area contributed by atoms with Crippen LogP contribution >= 0.6 is 0 Å². The van der Waals surface area contributed by atoms with Gasteiger partial charge in [0.2, 0.25) is 0 Å². The summed E-state index contributed by atoms with van der Waals surface area (Å²) in [6.45, 7) is 4.35. The van der Waals surface area contributed by atoms with E-state index in [0.717, 1.165) is 5.52 Å². The van der Waals surface area contributed by atoms with Crippen LogP contribution in [0, 0.1) is 13.8 Å². The van der Waals surface area contributed by atoms with Crippen molar-refractivity contribution < 1.29 is 0 Å². The molecule has 4 aromatic carbocycles. The minimum Gasteiger partial charge on any atom is -0.256 e. The van der Waals surface area contributed by atoms with Gasteiger partial charge in [-0.05, 0) is 64.4 Å². The van der Waals surface area contributed by atoms with Crippen molar-refractivity contribution in [3.8, 4) is 44.5 Å². The maximum Gasteiger partial charge on any atom is 0.0721 e. The van der Waals surface area contributed by atoms with E-state index in [1.807, 2.05) is 6.20 Å². The molecule has 1 heteroatoms. The van der Waals surface area contributed by atoms with Crippen molar-refractivity contribution in [2.24, 2.45) is 0 Å². The van der Waals surface area contributed by atoms with Gasteiger partial charge in [0.25, 0.3) is 0 Å². The molecule has 0 unspecified atom stereocenters. The van der Waals surface area contributed by atoms with Crippen LogP contribution in [0.4, 0.5) is 0 Å². The van der Waals surface area contributed by atoms with Crippen LogP contribution in [0.2, 0.25) is 0 Å². The summed E-state index contributed by atoms with van der Waals surface area (Å²) in [4.78, 5) is 4.87. The van der Waals surface area contributed by atoms with Crippen molar-refractivity contribution in [3.63, 3.8) is 0 Å². The van der Waals surface area contributed by atoms with Crippen LogP contribution in [0.15, 0.2) is 91.1 Å². The third-order valence-electron chi connectivity index (χ3n) is 6.21. The van der Waals surface area contributed by atoms with Crippen LogP contribution in [0.3, 0.4) is 0 Å². The van der Waals surface area contributed by atoms with Gasteiger partial charge in [-0.25, -0.2) is 0 Å². The second kappa shape index (κ2) is 6.40. The Morgan fingerprint density at radius 2 is 1.27 bits per heavy atom. The number of fused-ring (bicyclic) bond motifs is 3. The van der Waals surface area contributed by atoms with E-state index >= 15 is 0 Å². The monoisotopic (exact) mass is 383 g/mol. The van der Waals surface area contributed by atoms with Gasteiger partial charge in [-0.1, -0.05) is 84.4 Å². The lowest BCUT2D eigenvalue weighted by atomic mass is 9.86. The van der Waals surface area contributed by atoms with Crippen LogP contribution in [0.5, 0.6) is 0 Å². The van der Waals surface area contributed by atoms with Gasteiger partial charge in [-0.15, -0.1) is 0 Å². The number of nitrogens with zero attached hydrogens (tertiary/aromatic N) is 1. The molecule has 1 aliphatic rings. The first-order chi connectivity index (χ1) is 14.7. The third kappa shape index (κ3) is 2.39. The molecule has 1 aliphatic carbocycles. The van der Waals surface area contributed by atoms with Crippen molar-refractivity contribution in [2.45, 2.75) is 13.8 Å². The fourth-order valence-electron chi connectivity index (χ4n) is 4.90. The molecule has 0 N–H and O–H groups in total. The number of aryl methyl sites for hydroxylation is 2. The van der Waals surface area contributed by atoms with Crippen molar-refractivity contribution in [1.29, 1.82) is 0 Å². The highest BCUT2D eigenvalue weighted by Gasteiger charge is 2.28. The van der Waals surface area contributed by atoms with Gasteiger partial charge in [0.05, 0.1) is 5.52 Å². The number of benzene rings is 4. The largest absolute Gasteiger partial charge is 0.256 e. The molecule has 5 aromatic rings. The summed E-state index contributed by atoms with van der Waals surface area (Å²) in [6.07, 6.45) is 2.02. The Bertz CT molecular complexity index is 1430. The lowest BCUT2D eigenvalue weighted by molar-refractivity contribution is 1.34. The molecule has 0 bridgehead atoms. The summed E-state index contributed by atoms with van der Waals surface area (Å²) >= 11 is 0. The Hall–Kier alpha value is -3.71. The first-order valence-corrected chi connectivity index (χ1v) is 10.4. The molecule has 1 nitrogen and oxygen atoms in total. The molecule has 142 valence electrons. The van der Waals surface area contributed by atoms with Crippen molar-refractivity contribution in [2.75, 3.05) is 0 Å². The van der Waals surface area contributed by atoms with Gasteiger partial charge in [-0.2, -0.15) is 0 Å². The highest BCUT2D eigenvalue weighted by atomic mass is 14.7. The number of hydrogen-bond acceptors (Lipinski definition) is 1. The summed E-state index contributed by atoms with van der Waals surface area (Å²) in [5.74, 6) is 0. The van der Waals surface area contributed by atoms with E-state index in [9.17, 15) is 0 Å². The second-order valence-electron chi connectivity index (χ2n) is 8.17. The molecule has 0 fully saturated rings. The van der Waals surface area contributed by atoms with Crippen LogP contribution < -0.4 is 0 Å². The molecule has 0 saturated heterocycles. The Kier molecular flexibility index (Phi) is 3.66. The summed E-state index contributed by atoms with van der Waals surface area (Å²) in [7, 11) is 0. The summed E-state index contributed by atoms with van der Waals surface area (Å²) in [5.41, 5.74) is 13.9. The average molecular weight is 383 g/mol. The fraction of sp³-hybridized carbons (Fsp3) is 0.0690. The highest BCUT2D eigenvalue weighted by molar-refractivity contribution is 6.21. The molecule has 0 radical (unpaired) electrons. The zero-order valence-corrected chi connectivity index (χ0v) is 17.1. The standard InChI is InChI=1S/C29H21N/c1-18-13-14-22-24(15-18)28-27(21-11-7-4-8-12-21)23(20-9-5-3-6-10-20)16-25-29(28)26(22)19(2)17-30-25/h3-17H,1-2H3. The number of hydrogen-bond donors (Lipinski definition) is 0. The topological polar surface area (TPSA) is 12.9 Å². The van der Waals surface area contributed by atoms with Gasteiger partial charge in [0, 0.05) is 17.1 Å². The van der Waals surface area contributed by atoms with E-state index in [1.54, 1.807) is 0 Å². The first kappa shape index (κ1) is 17.2. The molecular weight excluding hydrogens is 362 g/mol. The van der Waals surface area contributed by atoms with E-state index in [-0.39, 0.29) is 0 Å². The van der Waals surface area contributed by atoms with Gasteiger partial charge < -0.3 is 0 Å². The van der Waals surface area contributed by atoms with Crippen LogP contribution in [-0.2, 0) is 0 Å². The molecule has 30 heavy (non-hydrogen) atoms. The summed E-state index contributed by atoms with van der Waals surface area (Å²) in [6, 6.07) is 30.6. The van der Waals surface area contributed by atoms with Gasteiger partial charge in [-0.3, -0.25) is 4.98 Å². The lowest BCUT2D eigenvalue weighted by Gasteiger charge is -2.17. The molecular formula is C29H21N. The molecule has 0 atom stereocenters. The maximum atomic E-state index is 4.87. The summed E-state index contributed by atoms with van der Waals surface area (Å²) in [5, 5.41) is 1.29. The lowest BCUT2D eigenvalue weighted by Crippen LogP contribution is -1.92. The van der Waals surface area contributed by atoms with E-state index in [1.165, 1.54) is 61.0 Å². The second-order valence-corrected chi connectivity index (χ2v) is 8.17. The van der Waals surface area contributed by atoms with E-state index in [0.29, 0.717) is 0 Å². The molecule has 0 saturated carbocycles. The average Bonchev–Trinajstić information content (AvgIpc) is 3.13. The number of rotatable bonds is 2. The fourth-order valence-corrected chi connectivity index (χ4v) is 4.90. The van der Waals surface area contributed by atoms with Gasteiger partial charge in [0.15, 0.2) is 0 Å². The molecule has 0 spiro atoms. The van der Waals surface area contributed by atoms with Crippen LogP contribution in [0.1, 0.15) is 11.1 Å². The number of aromatic nitrogens is 1. The van der Waals surface area contributed by atoms with Crippen molar-refractivity contribution in [1.82, 2.24) is 4.98 Å². The summed E-state index contributed by atoms with van der Waals surface area (Å²) < 4.78 is 0. The molecule has 6 rings (SSSR count). The van der Waals surface area contributed by atoms with E-state index in [2.05, 4.69) is 98.8 Å². The van der Waals surface area contributed by atoms with Gasteiger partial charge >= 0.3 is 0 Å². The molecule has 1 aromatic heterocycles. The molecule has 0 aliphatic heterocycles. The number of pyridine rings is 1. The highest BCUT2D eigenvalue weighted by Crippen LogP contribution is 2.54. The van der Waals surface area contributed by atoms with E-state index < -0.39 is 0 Å². The Morgan fingerprint density at radius 1 is 0.567 bits per heavy atom. The quantitative estimate of drug-likeness (QED) is 0.297. The maximum absolute atomic E-state index is 4.87. The zero-order chi connectivity index (χ0) is 20.2. The Morgan fingerprint density at radius 3 is 2.00 bits per heavy atom. The minimum atomic E-state index is 1.07. The Labute approximate surface area is 176 Å². The minimum absolute atomic E-state index is 1.07. The molecule has 0 amide bonds. The van der Waals surface area contributed by atoms with Gasteiger partial charge in [0.1, 0.15) is 0 Å². The predicted octanol–water partition coefficient (Wildman–Crippen LogP) is 7.83.